The smallest absolute Gasteiger partial charge is 0.224 e. The number of hydrogen-bond acceptors (Lipinski definition) is 3. The summed E-state index contributed by atoms with van der Waals surface area (Å²) in [7, 11) is 0. The van der Waals surface area contributed by atoms with Gasteiger partial charge < -0.3 is 20.1 Å². The summed E-state index contributed by atoms with van der Waals surface area (Å²) in [5, 5.41) is 7.76. The first kappa shape index (κ1) is 24.0. The van der Waals surface area contributed by atoms with Crippen molar-refractivity contribution in [2.45, 2.75) is 32.4 Å². The zero-order valence-corrected chi connectivity index (χ0v) is 21.6. The lowest BCUT2D eigenvalue weighted by molar-refractivity contribution is -0.115. The highest BCUT2D eigenvalue weighted by Gasteiger charge is 2.42. The first-order valence-electron chi connectivity index (χ1n) is 11.8. The average Bonchev–Trinajstić information content (AvgIpc) is 3.50. The van der Waals surface area contributed by atoms with Crippen molar-refractivity contribution in [2.24, 2.45) is 0 Å². The Balaban J connectivity index is 1.62. The van der Waals surface area contributed by atoms with Gasteiger partial charge in [0.05, 0.1) is 11.7 Å². The first-order valence-corrected chi connectivity index (χ1v) is 12.6. The number of nitrogens with zero attached hydrogens (tertiary/aromatic N) is 3. The number of thiocarbonyl (C=S) groups is 1. The van der Waals surface area contributed by atoms with Crippen LogP contribution >= 0.6 is 23.8 Å². The van der Waals surface area contributed by atoms with Crippen LogP contribution in [-0.4, -0.2) is 20.6 Å². The molecule has 0 aliphatic carbocycles. The van der Waals surface area contributed by atoms with Crippen molar-refractivity contribution < 1.29 is 4.79 Å². The second-order valence-electron chi connectivity index (χ2n) is 8.68. The molecule has 36 heavy (non-hydrogen) atoms. The Morgan fingerprint density at radius 2 is 1.94 bits per heavy atom. The number of hydrogen-bond donors (Lipinski definition) is 2. The molecule has 1 amide bonds. The number of pyridine rings is 1. The second-order valence-corrected chi connectivity index (χ2v) is 9.50. The minimum absolute atomic E-state index is 0.0170. The SMILES string of the molecule is CCC(=O)Nc1ccc(N2C(=S)N[C@H](c3ccccn3)[C@H]2c2cccn2-c2cccc(Cl)c2)cc1C. The highest BCUT2D eigenvalue weighted by Crippen LogP contribution is 2.43. The summed E-state index contributed by atoms with van der Waals surface area (Å²) in [5.41, 5.74) is 5.60. The molecule has 2 aromatic heterocycles. The lowest BCUT2D eigenvalue weighted by Gasteiger charge is -2.29. The molecule has 2 atom stereocenters. The van der Waals surface area contributed by atoms with Gasteiger partial charge in [0.25, 0.3) is 0 Å². The zero-order valence-electron chi connectivity index (χ0n) is 20.0. The number of anilines is 2. The molecule has 0 saturated carbocycles. The predicted octanol–water partition coefficient (Wildman–Crippen LogP) is 6.36. The largest absolute Gasteiger partial charge is 0.351 e. The molecule has 4 aromatic rings. The fourth-order valence-corrected chi connectivity index (χ4v) is 5.14. The van der Waals surface area contributed by atoms with Gasteiger partial charge in [0, 0.05) is 46.6 Å². The fraction of sp³-hybridized carbons (Fsp3) is 0.179. The Hall–Kier alpha value is -3.68. The van der Waals surface area contributed by atoms with Crippen LogP contribution in [0.25, 0.3) is 5.69 Å². The van der Waals surface area contributed by atoms with E-state index in [0.29, 0.717) is 16.6 Å². The molecule has 5 rings (SSSR count). The third-order valence-corrected chi connectivity index (χ3v) is 6.90. The highest BCUT2D eigenvalue weighted by molar-refractivity contribution is 7.80. The van der Waals surface area contributed by atoms with Crippen LogP contribution in [0.15, 0.2) is 85.2 Å². The Morgan fingerprint density at radius 3 is 2.67 bits per heavy atom. The number of aryl methyl sites for hydroxylation is 1. The fourth-order valence-electron chi connectivity index (χ4n) is 4.61. The number of aromatic nitrogens is 2. The highest BCUT2D eigenvalue weighted by atomic mass is 35.5. The van der Waals surface area contributed by atoms with Gasteiger partial charge in [0.1, 0.15) is 6.04 Å². The summed E-state index contributed by atoms with van der Waals surface area (Å²) in [5.74, 6) is -0.0170. The van der Waals surface area contributed by atoms with E-state index in [0.717, 1.165) is 34.0 Å². The van der Waals surface area contributed by atoms with Crippen LogP contribution in [-0.2, 0) is 4.79 Å². The van der Waals surface area contributed by atoms with Crippen LogP contribution in [0.1, 0.15) is 42.4 Å². The normalized spacial score (nSPS) is 17.2. The summed E-state index contributed by atoms with van der Waals surface area (Å²) < 4.78 is 2.14. The van der Waals surface area contributed by atoms with Gasteiger partial charge in [-0.15, -0.1) is 0 Å². The Labute approximate surface area is 220 Å². The molecule has 2 N–H and O–H groups in total. The van der Waals surface area contributed by atoms with E-state index in [9.17, 15) is 4.79 Å². The summed E-state index contributed by atoms with van der Waals surface area (Å²) in [4.78, 5) is 18.7. The lowest BCUT2D eigenvalue weighted by atomic mass is 10.00. The van der Waals surface area contributed by atoms with Crippen molar-refractivity contribution in [3.8, 4) is 5.69 Å². The molecule has 0 spiro atoms. The van der Waals surface area contributed by atoms with Crippen molar-refractivity contribution in [1.82, 2.24) is 14.9 Å². The van der Waals surface area contributed by atoms with E-state index < -0.39 is 0 Å². The number of halogens is 1. The molecule has 1 fully saturated rings. The first-order chi connectivity index (χ1) is 17.5. The van der Waals surface area contributed by atoms with E-state index in [1.54, 1.807) is 6.20 Å². The minimum Gasteiger partial charge on any atom is -0.351 e. The minimum atomic E-state index is -0.183. The standard InChI is InChI=1S/C28H26ClN5OS/c1-3-25(35)31-22-13-12-21(16-18(22)2)34-27(26(32-28(34)36)23-10-4-5-14-30-23)24-11-7-15-33(24)20-9-6-8-19(29)17-20/h4-17,26-27H,3H2,1-2H3,(H,31,35)(H,32,36)/t26-,27-/m1/s1. The molecular formula is C28H26ClN5OS. The van der Waals surface area contributed by atoms with Crippen LogP contribution in [0.3, 0.4) is 0 Å². The van der Waals surface area contributed by atoms with Crippen LogP contribution in [0.4, 0.5) is 11.4 Å². The monoisotopic (exact) mass is 515 g/mol. The number of rotatable bonds is 6. The molecular weight excluding hydrogens is 490 g/mol. The zero-order chi connectivity index (χ0) is 25.2. The Morgan fingerprint density at radius 1 is 1.08 bits per heavy atom. The van der Waals surface area contributed by atoms with Crippen molar-refractivity contribution in [1.29, 1.82) is 0 Å². The van der Waals surface area contributed by atoms with Gasteiger partial charge in [-0.2, -0.15) is 0 Å². The van der Waals surface area contributed by atoms with E-state index in [-0.39, 0.29) is 18.0 Å². The van der Waals surface area contributed by atoms with Crippen molar-refractivity contribution in [2.75, 3.05) is 10.2 Å². The van der Waals surface area contributed by atoms with Crippen LogP contribution in [0, 0.1) is 6.92 Å². The predicted molar refractivity (Wildman–Crippen MR) is 149 cm³/mol. The maximum absolute atomic E-state index is 12.0. The number of amides is 1. The molecule has 1 aliphatic rings. The quantitative estimate of drug-likeness (QED) is 0.292. The summed E-state index contributed by atoms with van der Waals surface area (Å²) in [6.07, 6.45) is 4.26. The van der Waals surface area contributed by atoms with Crippen LogP contribution < -0.4 is 15.5 Å². The maximum atomic E-state index is 12.0. The molecule has 0 unspecified atom stereocenters. The van der Waals surface area contributed by atoms with Gasteiger partial charge in [-0.1, -0.05) is 30.7 Å². The number of carbonyl (C=O) groups excluding carboxylic acids is 1. The van der Waals surface area contributed by atoms with Gasteiger partial charge in [0.2, 0.25) is 5.91 Å². The van der Waals surface area contributed by atoms with Crippen LogP contribution in [0.2, 0.25) is 5.02 Å². The van der Waals surface area contributed by atoms with E-state index >= 15 is 0 Å². The lowest BCUT2D eigenvalue weighted by Crippen LogP contribution is -2.30. The van der Waals surface area contributed by atoms with Gasteiger partial charge in [-0.25, -0.2) is 0 Å². The van der Waals surface area contributed by atoms with Gasteiger partial charge in [-0.3, -0.25) is 9.78 Å². The van der Waals surface area contributed by atoms with Gasteiger partial charge in [0.15, 0.2) is 5.11 Å². The van der Waals surface area contributed by atoms with E-state index in [1.165, 1.54) is 0 Å². The molecule has 6 nitrogen and oxygen atoms in total. The number of carbonyl (C=O) groups is 1. The summed E-state index contributed by atoms with van der Waals surface area (Å²) in [6, 6.07) is 23.4. The summed E-state index contributed by atoms with van der Waals surface area (Å²) in [6.45, 7) is 3.83. The van der Waals surface area contributed by atoms with E-state index in [2.05, 4.69) is 37.2 Å². The average molecular weight is 516 g/mol. The Bertz CT molecular complexity index is 1420. The Kier molecular flexibility index (Phi) is 6.76. The van der Waals surface area contributed by atoms with Gasteiger partial charge in [-0.05, 0) is 85.4 Å². The van der Waals surface area contributed by atoms with E-state index in [4.69, 9.17) is 23.8 Å². The molecule has 3 heterocycles. The molecule has 0 bridgehead atoms. The molecule has 1 aliphatic heterocycles. The number of benzene rings is 2. The molecule has 2 aromatic carbocycles. The molecule has 8 heteroatoms. The van der Waals surface area contributed by atoms with Gasteiger partial charge >= 0.3 is 0 Å². The number of nitrogens with one attached hydrogen (secondary N) is 2. The maximum Gasteiger partial charge on any atom is 0.224 e. The third-order valence-electron chi connectivity index (χ3n) is 6.35. The molecule has 182 valence electrons. The van der Waals surface area contributed by atoms with Crippen LogP contribution in [0.5, 0.6) is 0 Å². The van der Waals surface area contributed by atoms with Crippen molar-refractivity contribution in [3.63, 3.8) is 0 Å². The van der Waals surface area contributed by atoms with Crippen molar-refractivity contribution >= 4 is 46.2 Å². The van der Waals surface area contributed by atoms with E-state index in [1.807, 2.05) is 80.7 Å². The summed E-state index contributed by atoms with van der Waals surface area (Å²) >= 11 is 12.2. The third kappa shape index (κ3) is 4.59. The topological polar surface area (TPSA) is 62.2 Å². The van der Waals surface area contributed by atoms with Crippen molar-refractivity contribution in [3.05, 3.63) is 107 Å². The second kappa shape index (κ2) is 10.1. The molecule has 0 radical (unpaired) electrons. The molecule has 1 saturated heterocycles.